The average molecular weight is 220 g/mol. The van der Waals surface area contributed by atoms with Gasteiger partial charge in [-0.25, -0.2) is 0 Å². The maximum atomic E-state index is 9.68. The van der Waals surface area contributed by atoms with Crippen LogP contribution >= 0.6 is 0 Å². The number of rotatable bonds is 7. The van der Waals surface area contributed by atoms with E-state index in [1.165, 1.54) is 5.56 Å². The summed E-state index contributed by atoms with van der Waals surface area (Å²) in [5, 5.41) is 9.68. The highest BCUT2D eigenvalue weighted by Crippen LogP contribution is 2.12. The smallest absolute Gasteiger partial charge is 0.0636 e. The van der Waals surface area contributed by atoms with Gasteiger partial charge in [0, 0.05) is 13.5 Å². The van der Waals surface area contributed by atoms with E-state index < -0.39 is 0 Å². The van der Waals surface area contributed by atoms with Crippen LogP contribution in [-0.2, 0) is 11.2 Å². The Kier molecular flexibility index (Phi) is 5.83. The molecule has 0 aliphatic rings. The van der Waals surface area contributed by atoms with Crippen LogP contribution in [0.15, 0.2) is 43.0 Å². The third kappa shape index (κ3) is 4.60. The van der Waals surface area contributed by atoms with E-state index in [2.05, 4.69) is 18.7 Å². The van der Waals surface area contributed by atoms with Gasteiger partial charge in [0.05, 0.1) is 12.2 Å². The third-order valence-electron chi connectivity index (χ3n) is 2.61. The van der Waals surface area contributed by atoms with Crippen LogP contribution < -0.4 is 0 Å². The second-order valence-electron chi connectivity index (χ2n) is 3.96. The molecular weight excluding hydrogens is 200 g/mol. The summed E-state index contributed by atoms with van der Waals surface area (Å²) in [5.41, 5.74) is 1.24. The van der Waals surface area contributed by atoms with E-state index in [1.54, 1.807) is 13.2 Å². The SMILES string of the molecule is C=CC[C@@H](O)C[C@@H](Cc1ccccc1)OC. The number of aliphatic hydroxyl groups excluding tert-OH is 1. The van der Waals surface area contributed by atoms with Crippen LogP contribution in [0.3, 0.4) is 0 Å². The van der Waals surface area contributed by atoms with Crippen molar-refractivity contribution in [1.29, 1.82) is 0 Å². The lowest BCUT2D eigenvalue weighted by molar-refractivity contribution is 0.0467. The lowest BCUT2D eigenvalue weighted by atomic mass is 10.0. The first-order valence-electron chi connectivity index (χ1n) is 5.62. The number of hydrogen-bond donors (Lipinski definition) is 1. The summed E-state index contributed by atoms with van der Waals surface area (Å²) in [6.45, 7) is 3.62. The van der Waals surface area contributed by atoms with Crippen LogP contribution in [0.2, 0.25) is 0 Å². The Balaban J connectivity index is 2.46. The summed E-state index contributed by atoms with van der Waals surface area (Å²) in [5.74, 6) is 0. The number of hydrogen-bond acceptors (Lipinski definition) is 2. The van der Waals surface area contributed by atoms with Crippen molar-refractivity contribution < 1.29 is 9.84 Å². The Morgan fingerprint density at radius 3 is 2.62 bits per heavy atom. The van der Waals surface area contributed by atoms with Gasteiger partial charge in [-0.2, -0.15) is 0 Å². The molecule has 88 valence electrons. The van der Waals surface area contributed by atoms with Crippen molar-refractivity contribution in [2.75, 3.05) is 7.11 Å². The van der Waals surface area contributed by atoms with Gasteiger partial charge < -0.3 is 9.84 Å². The van der Waals surface area contributed by atoms with Crippen LogP contribution in [0.4, 0.5) is 0 Å². The molecule has 0 heterocycles. The number of methoxy groups -OCH3 is 1. The summed E-state index contributed by atoms with van der Waals surface area (Å²) in [6, 6.07) is 10.2. The van der Waals surface area contributed by atoms with Gasteiger partial charge in [-0.1, -0.05) is 36.4 Å². The molecule has 0 bridgehead atoms. The highest BCUT2D eigenvalue weighted by Gasteiger charge is 2.13. The summed E-state index contributed by atoms with van der Waals surface area (Å²) >= 11 is 0. The molecule has 16 heavy (non-hydrogen) atoms. The zero-order valence-corrected chi connectivity index (χ0v) is 9.80. The van der Waals surface area contributed by atoms with Crippen LogP contribution in [-0.4, -0.2) is 24.4 Å². The Morgan fingerprint density at radius 1 is 1.38 bits per heavy atom. The van der Waals surface area contributed by atoms with Gasteiger partial charge in [-0.15, -0.1) is 6.58 Å². The Bertz CT molecular complexity index is 295. The van der Waals surface area contributed by atoms with Crippen molar-refractivity contribution in [3.63, 3.8) is 0 Å². The Morgan fingerprint density at radius 2 is 2.06 bits per heavy atom. The number of ether oxygens (including phenoxy) is 1. The van der Waals surface area contributed by atoms with Gasteiger partial charge in [-0.05, 0) is 18.4 Å². The molecule has 0 amide bonds. The van der Waals surface area contributed by atoms with Crippen molar-refractivity contribution >= 4 is 0 Å². The first kappa shape index (κ1) is 12.9. The Labute approximate surface area is 97.6 Å². The summed E-state index contributed by atoms with van der Waals surface area (Å²) < 4.78 is 5.38. The monoisotopic (exact) mass is 220 g/mol. The summed E-state index contributed by atoms with van der Waals surface area (Å²) in [7, 11) is 1.69. The minimum Gasteiger partial charge on any atom is -0.393 e. The summed E-state index contributed by atoms with van der Waals surface area (Å²) in [6.07, 6.45) is 3.56. The van der Waals surface area contributed by atoms with Gasteiger partial charge in [0.1, 0.15) is 0 Å². The molecule has 0 aliphatic heterocycles. The lowest BCUT2D eigenvalue weighted by Gasteiger charge is -2.18. The van der Waals surface area contributed by atoms with Crippen molar-refractivity contribution in [1.82, 2.24) is 0 Å². The first-order valence-corrected chi connectivity index (χ1v) is 5.62. The summed E-state index contributed by atoms with van der Waals surface area (Å²) in [4.78, 5) is 0. The van der Waals surface area contributed by atoms with E-state index in [0.29, 0.717) is 12.8 Å². The van der Waals surface area contributed by atoms with Crippen LogP contribution in [0.25, 0.3) is 0 Å². The van der Waals surface area contributed by atoms with Gasteiger partial charge in [-0.3, -0.25) is 0 Å². The van der Waals surface area contributed by atoms with E-state index in [-0.39, 0.29) is 12.2 Å². The van der Waals surface area contributed by atoms with Crippen molar-refractivity contribution in [2.45, 2.75) is 31.5 Å². The fourth-order valence-corrected chi connectivity index (χ4v) is 1.73. The van der Waals surface area contributed by atoms with Crippen molar-refractivity contribution in [3.05, 3.63) is 48.6 Å². The van der Waals surface area contributed by atoms with E-state index in [9.17, 15) is 5.11 Å². The molecule has 0 fully saturated rings. The topological polar surface area (TPSA) is 29.5 Å². The van der Waals surface area contributed by atoms with E-state index in [4.69, 9.17) is 4.74 Å². The van der Waals surface area contributed by atoms with Gasteiger partial charge in [0.2, 0.25) is 0 Å². The predicted octanol–water partition coefficient (Wildman–Crippen LogP) is 2.57. The molecule has 0 saturated heterocycles. The van der Waals surface area contributed by atoms with Crippen LogP contribution in [0.5, 0.6) is 0 Å². The van der Waals surface area contributed by atoms with E-state index >= 15 is 0 Å². The number of benzene rings is 1. The molecule has 1 aromatic rings. The Hall–Kier alpha value is -1.12. The minimum absolute atomic E-state index is 0.0670. The molecule has 2 heteroatoms. The average Bonchev–Trinajstić information content (AvgIpc) is 2.30. The molecule has 0 aliphatic carbocycles. The normalized spacial score (nSPS) is 14.4. The van der Waals surface area contributed by atoms with Crippen molar-refractivity contribution in [2.24, 2.45) is 0 Å². The molecule has 0 radical (unpaired) electrons. The number of aliphatic hydroxyl groups is 1. The molecule has 1 aromatic carbocycles. The molecule has 0 aromatic heterocycles. The second kappa shape index (κ2) is 7.20. The maximum Gasteiger partial charge on any atom is 0.0636 e. The molecular formula is C14H20O2. The molecule has 1 rings (SSSR count). The van der Waals surface area contributed by atoms with E-state index in [1.807, 2.05) is 18.2 Å². The minimum atomic E-state index is -0.355. The zero-order chi connectivity index (χ0) is 11.8. The van der Waals surface area contributed by atoms with Gasteiger partial charge in [0.25, 0.3) is 0 Å². The molecule has 1 N–H and O–H groups in total. The standard InChI is InChI=1S/C14H20O2/c1-3-7-13(15)11-14(16-2)10-12-8-5-4-6-9-12/h3-6,8-9,13-15H,1,7,10-11H2,2H3/t13-,14-/m1/s1. The van der Waals surface area contributed by atoms with E-state index in [0.717, 1.165) is 6.42 Å². The highest BCUT2D eigenvalue weighted by molar-refractivity contribution is 5.15. The lowest BCUT2D eigenvalue weighted by Crippen LogP contribution is -2.21. The fourth-order valence-electron chi connectivity index (χ4n) is 1.73. The molecule has 0 spiro atoms. The predicted molar refractivity (Wildman–Crippen MR) is 66.4 cm³/mol. The van der Waals surface area contributed by atoms with Gasteiger partial charge in [0.15, 0.2) is 0 Å². The highest BCUT2D eigenvalue weighted by atomic mass is 16.5. The first-order chi connectivity index (χ1) is 7.76. The van der Waals surface area contributed by atoms with Crippen molar-refractivity contribution in [3.8, 4) is 0 Å². The second-order valence-corrected chi connectivity index (χ2v) is 3.96. The molecule has 2 atom stereocenters. The third-order valence-corrected chi connectivity index (χ3v) is 2.61. The molecule has 2 nitrogen and oxygen atoms in total. The van der Waals surface area contributed by atoms with Gasteiger partial charge >= 0.3 is 0 Å². The molecule has 0 saturated carbocycles. The fraction of sp³-hybridized carbons (Fsp3) is 0.429. The quantitative estimate of drug-likeness (QED) is 0.716. The zero-order valence-electron chi connectivity index (χ0n) is 9.80. The van der Waals surface area contributed by atoms with Crippen LogP contribution in [0.1, 0.15) is 18.4 Å². The molecule has 0 unspecified atom stereocenters. The largest absolute Gasteiger partial charge is 0.393 e. The van der Waals surface area contributed by atoms with Crippen LogP contribution in [0, 0.1) is 0 Å². The maximum absolute atomic E-state index is 9.68.